The van der Waals surface area contributed by atoms with Crippen molar-refractivity contribution in [1.82, 2.24) is 0 Å². The summed E-state index contributed by atoms with van der Waals surface area (Å²) in [6, 6.07) is 0. The van der Waals surface area contributed by atoms with E-state index in [1.54, 1.807) is 0 Å². The highest BCUT2D eigenvalue weighted by Crippen LogP contribution is 2.01. The van der Waals surface area contributed by atoms with Crippen molar-refractivity contribution >= 4 is 17.9 Å². The average molecular weight is 717 g/mol. The molecular formula is C32H60O17. The number of rotatable bonds is 41. The predicted octanol–water partition coefficient (Wildman–Crippen LogP) is 0.920. The van der Waals surface area contributed by atoms with Crippen LogP contribution in [0.3, 0.4) is 0 Å². The minimum atomic E-state index is -0.866. The molecule has 1 N–H and O–H groups in total. The van der Waals surface area contributed by atoms with E-state index in [9.17, 15) is 14.4 Å². The van der Waals surface area contributed by atoms with Gasteiger partial charge in [0, 0.05) is 19.8 Å². The van der Waals surface area contributed by atoms with Crippen molar-refractivity contribution in [2.24, 2.45) is 0 Å². The van der Waals surface area contributed by atoms with Gasteiger partial charge in [0.2, 0.25) is 0 Å². The van der Waals surface area contributed by atoms with Gasteiger partial charge in [-0.05, 0) is 12.8 Å². The molecule has 0 aliphatic rings. The molecule has 17 heteroatoms. The molecule has 0 saturated carbocycles. The minimum Gasteiger partial charge on any atom is -0.481 e. The highest BCUT2D eigenvalue weighted by molar-refractivity contribution is 5.69. The van der Waals surface area contributed by atoms with Crippen LogP contribution in [0.2, 0.25) is 0 Å². The lowest BCUT2D eigenvalue weighted by atomic mass is 10.2. The van der Waals surface area contributed by atoms with Gasteiger partial charge >= 0.3 is 17.9 Å². The molecule has 0 heterocycles. The predicted molar refractivity (Wildman–Crippen MR) is 173 cm³/mol. The first-order valence-corrected chi connectivity index (χ1v) is 16.9. The fraction of sp³-hybridized carbons (Fsp3) is 0.906. The Morgan fingerprint density at radius 3 is 0.816 bits per heavy atom. The van der Waals surface area contributed by atoms with Crippen molar-refractivity contribution in [2.45, 2.75) is 32.6 Å². The number of carbonyl (C=O) groups excluding carboxylic acids is 2. The molecule has 0 amide bonds. The molecule has 49 heavy (non-hydrogen) atoms. The summed E-state index contributed by atoms with van der Waals surface area (Å²) in [6.07, 6.45) is 1.22. The lowest BCUT2D eigenvalue weighted by Gasteiger charge is -2.09. The van der Waals surface area contributed by atoms with Crippen molar-refractivity contribution in [1.29, 1.82) is 0 Å². The molecule has 0 aromatic rings. The maximum Gasteiger partial charge on any atom is 0.305 e. The summed E-state index contributed by atoms with van der Waals surface area (Å²) in [5.74, 6) is -1.54. The summed E-state index contributed by atoms with van der Waals surface area (Å²) in [5, 5.41) is 8.55. The second kappa shape index (κ2) is 40.4. The van der Waals surface area contributed by atoms with Gasteiger partial charge in [-0.25, -0.2) is 0 Å². The number of hydrogen-bond acceptors (Lipinski definition) is 16. The van der Waals surface area contributed by atoms with Crippen LogP contribution < -0.4 is 0 Å². The van der Waals surface area contributed by atoms with Crippen LogP contribution in [0.1, 0.15) is 32.6 Å². The molecule has 0 rings (SSSR count). The van der Waals surface area contributed by atoms with Crippen LogP contribution in [0.15, 0.2) is 0 Å². The van der Waals surface area contributed by atoms with Gasteiger partial charge in [-0.1, -0.05) is 0 Å². The lowest BCUT2D eigenvalue weighted by molar-refractivity contribution is -0.146. The SMILES string of the molecule is CC(=O)OCCOCCOCCOCCOCCOCCOCCOCCOCCOCCOCCOCCOC(=O)CCCCC(=O)O. The molecule has 0 aromatic carbocycles. The van der Waals surface area contributed by atoms with Crippen molar-refractivity contribution in [2.75, 3.05) is 159 Å². The van der Waals surface area contributed by atoms with Crippen LogP contribution in [-0.4, -0.2) is 182 Å². The third kappa shape index (κ3) is 43.9. The zero-order valence-corrected chi connectivity index (χ0v) is 29.3. The average Bonchev–Trinajstić information content (AvgIpc) is 3.07. The molecule has 0 bridgehead atoms. The largest absolute Gasteiger partial charge is 0.481 e. The quantitative estimate of drug-likeness (QED) is 0.0693. The fourth-order valence-corrected chi connectivity index (χ4v) is 3.38. The first-order chi connectivity index (χ1) is 24.0. The van der Waals surface area contributed by atoms with Crippen molar-refractivity contribution in [3.8, 4) is 0 Å². The van der Waals surface area contributed by atoms with E-state index in [2.05, 4.69) is 0 Å². The number of hydrogen-bond donors (Lipinski definition) is 1. The summed E-state index contributed by atoms with van der Waals surface area (Å²) in [5.41, 5.74) is 0. The van der Waals surface area contributed by atoms with Gasteiger partial charge in [0.15, 0.2) is 0 Å². The maximum absolute atomic E-state index is 11.5. The summed E-state index contributed by atoms with van der Waals surface area (Å²) in [4.78, 5) is 32.5. The number of ether oxygens (including phenoxy) is 13. The van der Waals surface area contributed by atoms with E-state index in [0.29, 0.717) is 152 Å². The highest BCUT2D eigenvalue weighted by atomic mass is 16.6. The molecule has 0 spiro atoms. The standard InChI is InChI=1S/C32H60O17/c1-30(33)48-28-26-46-24-22-44-20-18-42-16-14-40-12-10-38-8-6-37-7-9-39-11-13-41-15-17-43-19-21-45-23-25-47-27-29-49-32(36)5-3-2-4-31(34)35/h2-29H2,1H3,(H,34,35). The van der Waals surface area contributed by atoms with Gasteiger partial charge in [-0.3, -0.25) is 14.4 Å². The van der Waals surface area contributed by atoms with Gasteiger partial charge in [-0.2, -0.15) is 0 Å². The Kier molecular flexibility index (Phi) is 38.7. The Morgan fingerprint density at radius 2 is 0.571 bits per heavy atom. The van der Waals surface area contributed by atoms with Crippen molar-refractivity contribution in [3.63, 3.8) is 0 Å². The summed E-state index contributed by atoms with van der Waals surface area (Å²) in [6.45, 7) is 11.6. The molecule has 290 valence electrons. The molecule has 0 atom stereocenters. The number of carboxylic acids is 1. The van der Waals surface area contributed by atoms with Gasteiger partial charge in [0.25, 0.3) is 0 Å². The molecule has 0 aliphatic heterocycles. The Morgan fingerprint density at radius 1 is 0.347 bits per heavy atom. The smallest absolute Gasteiger partial charge is 0.305 e. The highest BCUT2D eigenvalue weighted by Gasteiger charge is 2.04. The minimum absolute atomic E-state index is 0.0566. The number of aliphatic carboxylic acids is 1. The zero-order valence-electron chi connectivity index (χ0n) is 29.3. The lowest BCUT2D eigenvalue weighted by Crippen LogP contribution is -2.16. The van der Waals surface area contributed by atoms with Crippen LogP contribution in [0.5, 0.6) is 0 Å². The van der Waals surface area contributed by atoms with E-state index in [1.165, 1.54) is 6.92 Å². The Hall–Kier alpha value is -2.03. The molecule has 17 nitrogen and oxygen atoms in total. The summed E-state index contributed by atoms with van der Waals surface area (Å²) in [7, 11) is 0. The normalized spacial score (nSPS) is 11.2. The fourth-order valence-electron chi connectivity index (χ4n) is 3.38. The molecule has 0 saturated heterocycles. The van der Waals surface area contributed by atoms with Gasteiger partial charge in [-0.15, -0.1) is 0 Å². The van der Waals surface area contributed by atoms with Crippen LogP contribution in [0, 0.1) is 0 Å². The first kappa shape index (κ1) is 47.0. The van der Waals surface area contributed by atoms with E-state index >= 15 is 0 Å². The summed E-state index contributed by atoms with van der Waals surface area (Å²) < 4.78 is 69.2. The Balaban J connectivity index is 3.10. The molecule has 0 unspecified atom stereocenters. The van der Waals surface area contributed by atoms with E-state index in [1.807, 2.05) is 0 Å². The van der Waals surface area contributed by atoms with E-state index in [-0.39, 0.29) is 44.6 Å². The number of carboxylic acid groups (broad SMARTS) is 1. The molecule has 0 aromatic heterocycles. The van der Waals surface area contributed by atoms with Crippen LogP contribution in [0.4, 0.5) is 0 Å². The summed E-state index contributed by atoms with van der Waals surface area (Å²) >= 11 is 0. The maximum atomic E-state index is 11.5. The second-order valence-corrected chi connectivity index (χ2v) is 9.90. The van der Waals surface area contributed by atoms with Gasteiger partial charge in [0.05, 0.1) is 145 Å². The third-order valence-corrected chi connectivity index (χ3v) is 5.77. The molecule has 0 aliphatic carbocycles. The molecular weight excluding hydrogens is 656 g/mol. The number of esters is 2. The number of carbonyl (C=O) groups is 3. The van der Waals surface area contributed by atoms with Gasteiger partial charge in [0.1, 0.15) is 13.2 Å². The van der Waals surface area contributed by atoms with Crippen LogP contribution in [0.25, 0.3) is 0 Å². The van der Waals surface area contributed by atoms with E-state index in [4.69, 9.17) is 66.7 Å². The van der Waals surface area contributed by atoms with E-state index < -0.39 is 5.97 Å². The Labute approximate surface area is 290 Å². The van der Waals surface area contributed by atoms with Gasteiger partial charge < -0.3 is 66.7 Å². The molecule has 0 fully saturated rings. The van der Waals surface area contributed by atoms with Crippen LogP contribution in [-0.2, 0) is 76.0 Å². The molecule has 0 radical (unpaired) electrons. The van der Waals surface area contributed by atoms with Crippen molar-refractivity contribution < 1.29 is 81.1 Å². The Bertz CT molecular complexity index is 728. The monoisotopic (exact) mass is 716 g/mol. The number of unbranched alkanes of at least 4 members (excludes halogenated alkanes) is 1. The van der Waals surface area contributed by atoms with Crippen molar-refractivity contribution in [3.05, 3.63) is 0 Å². The second-order valence-electron chi connectivity index (χ2n) is 9.90. The first-order valence-electron chi connectivity index (χ1n) is 16.9. The van der Waals surface area contributed by atoms with E-state index in [0.717, 1.165) is 0 Å². The zero-order chi connectivity index (χ0) is 35.7. The third-order valence-electron chi connectivity index (χ3n) is 5.77. The van der Waals surface area contributed by atoms with Crippen LogP contribution >= 0.6 is 0 Å². The topological polar surface area (TPSA) is 191 Å².